The first kappa shape index (κ1) is 13.3. The summed E-state index contributed by atoms with van der Waals surface area (Å²) in [6.45, 7) is 2.12. The zero-order valence-electron chi connectivity index (χ0n) is 8.57. The first-order valence-corrected chi connectivity index (χ1v) is 4.36. The lowest BCUT2D eigenvalue weighted by molar-refractivity contribution is -0.159. The lowest BCUT2D eigenvalue weighted by Gasteiger charge is -2.03. The van der Waals surface area contributed by atoms with Gasteiger partial charge in [0.1, 0.15) is 13.2 Å². The molecule has 0 atom stereocenters. The molecular weight excluding hydrogens is 204 g/mol. The van der Waals surface area contributed by atoms with Crippen molar-refractivity contribution < 1.29 is 28.7 Å². The van der Waals surface area contributed by atoms with Crippen molar-refractivity contribution >= 4 is 23.5 Å². The summed E-state index contributed by atoms with van der Waals surface area (Å²) in [6.07, 6.45) is 0.0616. The summed E-state index contributed by atoms with van der Waals surface area (Å²) < 4.78 is 8.84. The Hall–Kier alpha value is -1.72. The highest BCUT2D eigenvalue weighted by atomic mass is 16.6. The number of esters is 2. The maximum Gasteiger partial charge on any atom is 0.374 e. The van der Waals surface area contributed by atoms with Gasteiger partial charge < -0.3 is 9.47 Å². The first-order chi connectivity index (χ1) is 6.99. The molecule has 0 rings (SSSR count). The van der Waals surface area contributed by atoms with Crippen LogP contribution in [0.5, 0.6) is 0 Å². The highest BCUT2D eigenvalue weighted by Crippen LogP contribution is 1.88. The van der Waals surface area contributed by atoms with Crippen LogP contribution in [0.2, 0.25) is 0 Å². The Morgan fingerprint density at radius 1 is 0.933 bits per heavy atom. The normalized spacial score (nSPS) is 9.20. The summed E-state index contributed by atoms with van der Waals surface area (Å²) in [7, 11) is 0. The van der Waals surface area contributed by atoms with Crippen molar-refractivity contribution in [2.45, 2.75) is 20.3 Å². The largest absolute Gasteiger partial charge is 0.456 e. The van der Waals surface area contributed by atoms with E-state index in [1.54, 1.807) is 0 Å². The van der Waals surface area contributed by atoms with Crippen LogP contribution in [-0.4, -0.2) is 36.7 Å². The third kappa shape index (κ3) is 5.56. The zero-order valence-corrected chi connectivity index (χ0v) is 8.57. The van der Waals surface area contributed by atoms with Gasteiger partial charge in [-0.05, 0) is 0 Å². The fraction of sp³-hybridized carbons (Fsp3) is 0.556. The van der Waals surface area contributed by atoms with E-state index in [1.165, 1.54) is 6.92 Å². The maximum atomic E-state index is 10.8. The molecule has 0 aromatic heterocycles. The van der Waals surface area contributed by atoms with Gasteiger partial charge in [0, 0.05) is 13.3 Å². The van der Waals surface area contributed by atoms with Crippen molar-refractivity contribution in [2.75, 3.05) is 13.2 Å². The van der Waals surface area contributed by atoms with Crippen LogP contribution in [0, 0.1) is 0 Å². The summed E-state index contributed by atoms with van der Waals surface area (Å²) in [4.78, 5) is 42.5. The van der Waals surface area contributed by atoms with Crippen LogP contribution in [0.4, 0.5) is 0 Å². The second kappa shape index (κ2) is 6.69. The van der Waals surface area contributed by atoms with Crippen molar-refractivity contribution in [1.82, 2.24) is 0 Å². The second-order valence-electron chi connectivity index (χ2n) is 2.60. The summed E-state index contributed by atoms with van der Waals surface area (Å²) in [5.41, 5.74) is 0. The molecule has 0 spiro atoms. The molecule has 0 aliphatic rings. The lowest BCUT2D eigenvalue weighted by Crippen LogP contribution is -2.21. The molecule has 15 heavy (non-hydrogen) atoms. The van der Waals surface area contributed by atoms with Gasteiger partial charge >= 0.3 is 11.9 Å². The minimum Gasteiger partial charge on any atom is -0.456 e. The Balaban J connectivity index is 3.64. The van der Waals surface area contributed by atoms with Crippen molar-refractivity contribution in [3.05, 3.63) is 0 Å². The van der Waals surface area contributed by atoms with Gasteiger partial charge in [-0.15, -0.1) is 0 Å². The molecular formula is C9H12O6. The Morgan fingerprint density at radius 3 is 1.80 bits per heavy atom. The molecule has 0 aliphatic heterocycles. The van der Waals surface area contributed by atoms with Crippen molar-refractivity contribution in [3.8, 4) is 0 Å². The highest BCUT2D eigenvalue weighted by Gasteiger charge is 2.13. The van der Waals surface area contributed by atoms with E-state index >= 15 is 0 Å². The monoisotopic (exact) mass is 216 g/mol. The number of carbonyl (C=O) groups excluding carboxylic acids is 4. The fourth-order valence-electron chi connectivity index (χ4n) is 0.595. The minimum absolute atomic E-state index is 0.0616. The van der Waals surface area contributed by atoms with Gasteiger partial charge in [-0.1, -0.05) is 6.92 Å². The number of ketones is 2. The van der Waals surface area contributed by atoms with Crippen LogP contribution in [0.1, 0.15) is 20.3 Å². The van der Waals surface area contributed by atoms with Crippen LogP contribution in [0.25, 0.3) is 0 Å². The van der Waals surface area contributed by atoms with Gasteiger partial charge in [-0.25, -0.2) is 9.59 Å². The Labute approximate surface area is 86.5 Å². The summed E-state index contributed by atoms with van der Waals surface area (Å²) in [6, 6.07) is 0. The molecule has 0 amide bonds. The summed E-state index contributed by atoms with van der Waals surface area (Å²) in [5, 5.41) is 0. The van der Waals surface area contributed by atoms with Crippen LogP contribution in [0.15, 0.2) is 0 Å². The standard InChI is InChI=1S/C9H12O6/c1-3-7(11)9(13)15-5-4-14-8(12)6(2)10/h3-5H2,1-2H3. The molecule has 0 bridgehead atoms. The molecule has 0 heterocycles. The average Bonchev–Trinajstić information content (AvgIpc) is 2.22. The zero-order chi connectivity index (χ0) is 11.8. The highest BCUT2D eigenvalue weighted by molar-refractivity contribution is 6.33. The number of Topliss-reactive ketones (excluding diaryl/α,β-unsaturated/α-hetero) is 2. The smallest absolute Gasteiger partial charge is 0.374 e. The molecule has 0 saturated heterocycles. The number of rotatable bonds is 6. The van der Waals surface area contributed by atoms with Gasteiger partial charge in [-0.3, -0.25) is 9.59 Å². The first-order valence-electron chi connectivity index (χ1n) is 4.36. The second-order valence-corrected chi connectivity index (χ2v) is 2.60. The van der Waals surface area contributed by atoms with E-state index in [1.807, 2.05) is 0 Å². The van der Waals surface area contributed by atoms with Crippen molar-refractivity contribution in [1.29, 1.82) is 0 Å². The van der Waals surface area contributed by atoms with E-state index in [4.69, 9.17) is 0 Å². The number of carbonyl (C=O) groups is 4. The van der Waals surface area contributed by atoms with E-state index < -0.39 is 23.5 Å². The maximum absolute atomic E-state index is 10.8. The molecule has 0 aromatic rings. The molecule has 0 saturated carbocycles. The van der Waals surface area contributed by atoms with E-state index in [-0.39, 0.29) is 19.6 Å². The quantitative estimate of drug-likeness (QED) is 0.342. The number of ether oxygens (including phenoxy) is 2. The Bertz CT molecular complexity index is 280. The van der Waals surface area contributed by atoms with Crippen molar-refractivity contribution in [2.24, 2.45) is 0 Å². The molecule has 0 aliphatic carbocycles. The fourth-order valence-corrected chi connectivity index (χ4v) is 0.595. The minimum atomic E-state index is -0.993. The van der Waals surface area contributed by atoms with E-state index in [0.29, 0.717) is 0 Å². The van der Waals surface area contributed by atoms with Gasteiger partial charge in [0.2, 0.25) is 11.6 Å². The third-order valence-corrected chi connectivity index (χ3v) is 1.39. The predicted molar refractivity (Wildman–Crippen MR) is 47.9 cm³/mol. The number of hydrogen-bond donors (Lipinski definition) is 0. The van der Waals surface area contributed by atoms with Gasteiger partial charge in [0.15, 0.2) is 0 Å². The van der Waals surface area contributed by atoms with Gasteiger partial charge in [0.05, 0.1) is 0 Å². The predicted octanol–water partition coefficient (Wildman–Crippen LogP) is -0.359. The SMILES string of the molecule is CCC(=O)C(=O)OCCOC(=O)C(C)=O. The Kier molecular flexibility index (Phi) is 5.92. The molecule has 0 aromatic carbocycles. The van der Waals surface area contributed by atoms with Crippen molar-refractivity contribution in [3.63, 3.8) is 0 Å². The average molecular weight is 216 g/mol. The number of hydrogen-bond acceptors (Lipinski definition) is 6. The Morgan fingerprint density at radius 2 is 1.40 bits per heavy atom. The lowest BCUT2D eigenvalue weighted by atomic mass is 10.3. The summed E-state index contributed by atoms with van der Waals surface area (Å²) in [5.74, 6) is -3.33. The van der Waals surface area contributed by atoms with Crippen LogP contribution in [0.3, 0.4) is 0 Å². The molecule has 0 N–H and O–H groups in total. The molecule has 84 valence electrons. The molecule has 0 fully saturated rings. The van der Waals surface area contributed by atoms with E-state index in [2.05, 4.69) is 9.47 Å². The summed E-state index contributed by atoms with van der Waals surface area (Å²) >= 11 is 0. The molecule has 0 unspecified atom stereocenters. The molecule has 6 nitrogen and oxygen atoms in total. The van der Waals surface area contributed by atoms with E-state index in [9.17, 15) is 19.2 Å². The topological polar surface area (TPSA) is 86.7 Å². The molecule has 0 radical (unpaired) electrons. The third-order valence-electron chi connectivity index (χ3n) is 1.39. The van der Waals surface area contributed by atoms with Gasteiger partial charge in [0.25, 0.3) is 0 Å². The van der Waals surface area contributed by atoms with Crippen LogP contribution in [-0.2, 0) is 28.7 Å². The van der Waals surface area contributed by atoms with E-state index in [0.717, 1.165) is 6.92 Å². The van der Waals surface area contributed by atoms with Crippen LogP contribution < -0.4 is 0 Å². The van der Waals surface area contributed by atoms with Crippen LogP contribution >= 0.6 is 0 Å². The van der Waals surface area contributed by atoms with Gasteiger partial charge in [-0.2, -0.15) is 0 Å². The molecule has 6 heteroatoms.